The van der Waals surface area contributed by atoms with Crippen LogP contribution in [0.5, 0.6) is 0 Å². The first-order valence-electron chi connectivity index (χ1n) is 23.8. The van der Waals surface area contributed by atoms with Gasteiger partial charge >= 0.3 is 0 Å². The van der Waals surface area contributed by atoms with Crippen molar-refractivity contribution < 1.29 is 33.2 Å². The first kappa shape index (κ1) is 54.2. The lowest BCUT2D eigenvalue weighted by Crippen LogP contribution is -2.25. The van der Waals surface area contributed by atoms with E-state index < -0.39 is 0 Å². The molecule has 2 unspecified atom stereocenters. The summed E-state index contributed by atoms with van der Waals surface area (Å²) < 4.78 is 42.4. The van der Waals surface area contributed by atoms with Gasteiger partial charge < -0.3 is 33.2 Å². The normalized spacial score (nSPS) is 13.4. The van der Waals surface area contributed by atoms with Gasteiger partial charge in [-0.25, -0.2) is 0 Å². The quantitative estimate of drug-likeness (QED) is 0.0346. The minimum Gasteiger partial charge on any atom is -0.353 e. The van der Waals surface area contributed by atoms with Crippen LogP contribution >= 0.6 is 0 Å². The molecular weight excluding hydrogens is 689 g/mol. The fourth-order valence-corrected chi connectivity index (χ4v) is 6.08. The van der Waals surface area contributed by atoms with E-state index in [2.05, 4.69) is 65.8 Å². The topological polar surface area (TPSA) is 64.6 Å². The molecule has 0 aromatic carbocycles. The summed E-state index contributed by atoms with van der Waals surface area (Å²) >= 11 is 0. The Morgan fingerprint density at radius 3 is 0.927 bits per heavy atom. The highest BCUT2D eigenvalue weighted by Crippen LogP contribution is 2.16. The fraction of sp³-hybridized carbons (Fsp3) is 0.917. The van der Waals surface area contributed by atoms with Crippen molar-refractivity contribution in [3.8, 4) is 0 Å². The highest BCUT2D eigenvalue weighted by Gasteiger charge is 2.14. The standard InChI is InChI=1S/C48H94O7/c1-7-13-41-51-45(52-42-14-8-2)35-31-27-23-19-17-21-25-29-33-37-47(49-39-11-5)55-48(50-40-12-6)38-34-30-26-22-18-20-24-28-32-36-46(53-43-15-9-3)54-44-16-10-4/h33-34,37-38,45-48H,7-32,35-36,39-44H2,1-6H3. The van der Waals surface area contributed by atoms with E-state index in [4.69, 9.17) is 33.2 Å². The Morgan fingerprint density at radius 1 is 0.309 bits per heavy atom. The molecule has 0 bridgehead atoms. The average molecular weight is 783 g/mol. The molecule has 0 aromatic heterocycles. The van der Waals surface area contributed by atoms with Crippen molar-refractivity contribution in [1.82, 2.24) is 0 Å². The first-order valence-corrected chi connectivity index (χ1v) is 23.8. The van der Waals surface area contributed by atoms with Crippen LogP contribution in [0.3, 0.4) is 0 Å². The molecule has 0 aliphatic rings. The van der Waals surface area contributed by atoms with Crippen molar-refractivity contribution in [3.63, 3.8) is 0 Å². The highest BCUT2D eigenvalue weighted by atomic mass is 16.8. The molecule has 0 saturated heterocycles. The molecule has 0 rings (SSSR count). The molecule has 0 heterocycles. The zero-order valence-electron chi connectivity index (χ0n) is 37.5. The van der Waals surface area contributed by atoms with Gasteiger partial charge in [0.2, 0.25) is 0 Å². The lowest BCUT2D eigenvalue weighted by atomic mass is 10.1. The monoisotopic (exact) mass is 783 g/mol. The van der Waals surface area contributed by atoms with Crippen LogP contribution in [-0.4, -0.2) is 64.8 Å². The van der Waals surface area contributed by atoms with Crippen molar-refractivity contribution >= 4 is 0 Å². The number of rotatable bonds is 46. The van der Waals surface area contributed by atoms with E-state index >= 15 is 0 Å². The van der Waals surface area contributed by atoms with Gasteiger partial charge in [-0.05, 0) is 102 Å². The molecule has 7 heteroatoms. The summed E-state index contributed by atoms with van der Waals surface area (Å²) in [4.78, 5) is 0. The van der Waals surface area contributed by atoms with Gasteiger partial charge in [-0.15, -0.1) is 0 Å². The smallest absolute Gasteiger partial charge is 0.180 e. The Balaban J connectivity index is 4.30. The Labute approximate surface area is 342 Å². The van der Waals surface area contributed by atoms with E-state index in [9.17, 15) is 0 Å². The van der Waals surface area contributed by atoms with E-state index in [1.54, 1.807) is 0 Å². The second-order valence-corrected chi connectivity index (χ2v) is 15.3. The molecule has 0 saturated carbocycles. The lowest BCUT2D eigenvalue weighted by molar-refractivity contribution is -0.207. The third-order valence-electron chi connectivity index (χ3n) is 9.65. The fourth-order valence-electron chi connectivity index (χ4n) is 6.08. The zero-order chi connectivity index (χ0) is 40.1. The zero-order valence-corrected chi connectivity index (χ0v) is 37.5. The van der Waals surface area contributed by atoms with Gasteiger partial charge in [-0.2, -0.15) is 0 Å². The largest absolute Gasteiger partial charge is 0.353 e. The molecule has 0 aromatic rings. The summed E-state index contributed by atoms with van der Waals surface area (Å²) in [5.74, 6) is 0. The molecule has 0 fully saturated rings. The minimum atomic E-state index is -0.381. The van der Waals surface area contributed by atoms with Gasteiger partial charge in [-0.1, -0.05) is 144 Å². The maximum atomic E-state index is 6.31. The van der Waals surface area contributed by atoms with Crippen LogP contribution in [0.1, 0.15) is 221 Å². The van der Waals surface area contributed by atoms with Gasteiger partial charge in [0.25, 0.3) is 0 Å². The third kappa shape index (κ3) is 39.8. The SMILES string of the molecule is CCCCOC(CCCCCCCCCC=CC(OCCC)OC(C=CCCCCCCCCCC(OCCCC)OCCCC)OCCC)OCCCC. The van der Waals surface area contributed by atoms with Gasteiger partial charge in [0.15, 0.2) is 25.2 Å². The van der Waals surface area contributed by atoms with E-state index in [0.717, 1.165) is 90.6 Å². The van der Waals surface area contributed by atoms with E-state index in [-0.39, 0.29) is 25.2 Å². The summed E-state index contributed by atoms with van der Waals surface area (Å²) in [6, 6.07) is 0. The predicted octanol–water partition coefficient (Wildman–Crippen LogP) is 14.6. The van der Waals surface area contributed by atoms with E-state index in [1.807, 2.05) is 0 Å². The van der Waals surface area contributed by atoms with Crippen molar-refractivity contribution in [2.24, 2.45) is 0 Å². The Kier molecular flexibility index (Phi) is 45.2. The second kappa shape index (κ2) is 45.9. The number of ether oxygens (including phenoxy) is 7. The van der Waals surface area contributed by atoms with Gasteiger partial charge in [-0.3, -0.25) is 0 Å². The number of allylic oxidation sites excluding steroid dienone is 2. The van der Waals surface area contributed by atoms with Gasteiger partial charge in [0, 0.05) is 39.6 Å². The molecule has 7 nitrogen and oxygen atoms in total. The molecule has 0 aliphatic carbocycles. The average Bonchev–Trinajstić information content (AvgIpc) is 3.19. The Morgan fingerprint density at radius 2 is 0.618 bits per heavy atom. The highest BCUT2D eigenvalue weighted by molar-refractivity contribution is 4.89. The summed E-state index contributed by atoms with van der Waals surface area (Å²) in [6.07, 6.45) is 40.7. The molecule has 2 atom stereocenters. The van der Waals surface area contributed by atoms with Crippen LogP contribution in [0.25, 0.3) is 0 Å². The van der Waals surface area contributed by atoms with Crippen LogP contribution in [0.4, 0.5) is 0 Å². The third-order valence-corrected chi connectivity index (χ3v) is 9.65. The van der Waals surface area contributed by atoms with Crippen molar-refractivity contribution in [1.29, 1.82) is 0 Å². The molecule has 328 valence electrons. The summed E-state index contributed by atoms with van der Waals surface area (Å²) in [5.41, 5.74) is 0. The van der Waals surface area contributed by atoms with Crippen LogP contribution < -0.4 is 0 Å². The maximum absolute atomic E-state index is 6.31. The summed E-state index contributed by atoms with van der Waals surface area (Å²) in [5, 5.41) is 0. The van der Waals surface area contributed by atoms with Crippen LogP contribution in [0.2, 0.25) is 0 Å². The Hall–Kier alpha value is -0.800. The van der Waals surface area contributed by atoms with Crippen molar-refractivity contribution in [2.75, 3.05) is 39.6 Å². The molecule has 55 heavy (non-hydrogen) atoms. The number of unbranched alkanes of at least 4 members (excludes halogenated alkanes) is 18. The van der Waals surface area contributed by atoms with Crippen LogP contribution in [0.15, 0.2) is 24.3 Å². The van der Waals surface area contributed by atoms with Crippen molar-refractivity contribution in [2.45, 2.75) is 246 Å². The number of hydrogen-bond acceptors (Lipinski definition) is 7. The van der Waals surface area contributed by atoms with Crippen LogP contribution in [-0.2, 0) is 33.2 Å². The lowest BCUT2D eigenvalue weighted by Gasteiger charge is -2.21. The number of hydrogen-bond donors (Lipinski definition) is 0. The van der Waals surface area contributed by atoms with Gasteiger partial charge in [0.1, 0.15) is 0 Å². The van der Waals surface area contributed by atoms with E-state index in [1.165, 1.54) is 116 Å². The predicted molar refractivity (Wildman–Crippen MR) is 234 cm³/mol. The molecule has 0 N–H and O–H groups in total. The summed E-state index contributed by atoms with van der Waals surface area (Å²) in [6.45, 7) is 17.7. The van der Waals surface area contributed by atoms with E-state index in [0.29, 0.717) is 13.2 Å². The molecule has 0 aliphatic heterocycles. The minimum absolute atomic E-state index is 0.0133. The van der Waals surface area contributed by atoms with Crippen molar-refractivity contribution in [3.05, 3.63) is 24.3 Å². The second-order valence-electron chi connectivity index (χ2n) is 15.3. The molecule has 0 radical (unpaired) electrons. The molecule has 0 amide bonds. The molecular formula is C48H94O7. The molecule has 0 spiro atoms. The Bertz CT molecular complexity index is 693. The van der Waals surface area contributed by atoms with Gasteiger partial charge in [0.05, 0.1) is 0 Å². The summed E-state index contributed by atoms with van der Waals surface area (Å²) in [7, 11) is 0. The van der Waals surface area contributed by atoms with Crippen LogP contribution in [0, 0.1) is 0 Å². The first-order chi connectivity index (χ1) is 27.1. The maximum Gasteiger partial charge on any atom is 0.180 e.